The summed E-state index contributed by atoms with van der Waals surface area (Å²) in [5, 5.41) is 15.9. The van der Waals surface area contributed by atoms with E-state index in [1.54, 1.807) is 0 Å². The third kappa shape index (κ3) is 3.56. The van der Waals surface area contributed by atoms with Crippen molar-refractivity contribution in [1.82, 2.24) is 9.97 Å². The lowest BCUT2D eigenvalue weighted by molar-refractivity contribution is 0.222. The minimum Gasteiger partial charge on any atom is -0.396 e. The van der Waals surface area contributed by atoms with Crippen LogP contribution in [0.5, 0.6) is 0 Å². The van der Waals surface area contributed by atoms with Gasteiger partial charge in [-0.25, -0.2) is 9.97 Å². The lowest BCUT2D eigenvalue weighted by Crippen LogP contribution is -2.27. The van der Waals surface area contributed by atoms with E-state index in [1.807, 2.05) is 13.1 Å². The Balaban J connectivity index is 2.12. The van der Waals surface area contributed by atoms with Crippen LogP contribution in [0.2, 0.25) is 0 Å². The van der Waals surface area contributed by atoms with E-state index in [1.165, 1.54) is 6.42 Å². The Morgan fingerprint density at radius 2 is 2.11 bits per heavy atom. The van der Waals surface area contributed by atoms with Crippen LogP contribution in [0.25, 0.3) is 0 Å². The number of rotatable bonds is 6. The second kappa shape index (κ2) is 6.70. The molecule has 0 aliphatic heterocycles. The summed E-state index contributed by atoms with van der Waals surface area (Å²) in [6, 6.07) is 2.27. The van der Waals surface area contributed by atoms with Crippen molar-refractivity contribution in [2.75, 3.05) is 24.3 Å². The highest BCUT2D eigenvalue weighted by Crippen LogP contribution is 2.28. The van der Waals surface area contributed by atoms with Gasteiger partial charge in [-0.2, -0.15) is 0 Å². The molecule has 2 atom stereocenters. The van der Waals surface area contributed by atoms with Crippen molar-refractivity contribution in [2.24, 2.45) is 5.92 Å². The fourth-order valence-electron chi connectivity index (χ4n) is 2.67. The second-order valence-electron chi connectivity index (χ2n) is 5.18. The zero-order valence-corrected chi connectivity index (χ0v) is 11.8. The third-order valence-electron chi connectivity index (χ3n) is 3.73. The largest absolute Gasteiger partial charge is 0.396 e. The number of hydrogen-bond donors (Lipinski definition) is 3. The Bertz CT molecular complexity index is 410. The second-order valence-corrected chi connectivity index (χ2v) is 5.18. The molecule has 0 bridgehead atoms. The van der Waals surface area contributed by atoms with Crippen LogP contribution in [0.3, 0.4) is 0 Å². The smallest absolute Gasteiger partial charge is 0.133 e. The Hall–Kier alpha value is -1.36. The fraction of sp³-hybridized carbons (Fsp3) is 0.714. The molecule has 3 N–H and O–H groups in total. The van der Waals surface area contributed by atoms with Gasteiger partial charge < -0.3 is 15.7 Å². The van der Waals surface area contributed by atoms with E-state index in [-0.39, 0.29) is 6.61 Å². The number of aryl methyl sites for hydroxylation is 1. The maximum absolute atomic E-state index is 9.37. The summed E-state index contributed by atoms with van der Waals surface area (Å²) in [5.74, 6) is 2.94. The maximum Gasteiger partial charge on any atom is 0.133 e. The summed E-state index contributed by atoms with van der Waals surface area (Å²) in [4.78, 5) is 9.00. The average molecular weight is 264 g/mol. The molecule has 1 aromatic heterocycles. The molecule has 19 heavy (non-hydrogen) atoms. The van der Waals surface area contributed by atoms with Crippen molar-refractivity contribution in [1.29, 1.82) is 0 Å². The van der Waals surface area contributed by atoms with Gasteiger partial charge in [0.1, 0.15) is 17.5 Å². The van der Waals surface area contributed by atoms with Gasteiger partial charge in [-0.1, -0.05) is 13.3 Å². The SMILES string of the molecule is CCCc1nc(NC)cc(NC2CCCC2CO)n1. The molecule has 1 aliphatic carbocycles. The molecule has 5 heteroatoms. The molecular weight excluding hydrogens is 240 g/mol. The number of aliphatic hydroxyl groups excluding tert-OH is 1. The molecule has 0 radical (unpaired) electrons. The molecule has 0 saturated heterocycles. The first-order valence-electron chi connectivity index (χ1n) is 7.20. The first kappa shape index (κ1) is 14.1. The van der Waals surface area contributed by atoms with Gasteiger partial charge in [0.15, 0.2) is 0 Å². The summed E-state index contributed by atoms with van der Waals surface area (Å²) >= 11 is 0. The lowest BCUT2D eigenvalue weighted by Gasteiger charge is -2.20. The van der Waals surface area contributed by atoms with Gasteiger partial charge in [-0.3, -0.25) is 0 Å². The Morgan fingerprint density at radius 3 is 2.79 bits per heavy atom. The number of nitrogens with zero attached hydrogens (tertiary/aromatic N) is 2. The highest BCUT2D eigenvalue weighted by Gasteiger charge is 2.26. The molecule has 1 saturated carbocycles. The number of nitrogens with one attached hydrogen (secondary N) is 2. The first-order chi connectivity index (χ1) is 9.26. The zero-order chi connectivity index (χ0) is 13.7. The molecule has 106 valence electrons. The molecule has 1 aliphatic rings. The van der Waals surface area contributed by atoms with Crippen LogP contribution in [0.15, 0.2) is 6.07 Å². The molecule has 0 aromatic carbocycles. The first-order valence-corrected chi connectivity index (χ1v) is 7.20. The Kier molecular flexibility index (Phi) is 4.96. The van der Waals surface area contributed by atoms with Gasteiger partial charge in [0.2, 0.25) is 0 Å². The standard InChI is InChI=1S/C14H24N4O/c1-3-5-12-17-13(15-2)8-14(18-12)16-11-7-4-6-10(11)9-19/h8,10-11,19H,3-7,9H2,1-2H3,(H2,15,16,17,18). The van der Waals surface area contributed by atoms with Crippen LogP contribution >= 0.6 is 0 Å². The van der Waals surface area contributed by atoms with Crippen molar-refractivity contribution < 1.29 is 5.11 Å². The Morgan fingerprint density at radius 1 is 1.32 bits per heavy atom. The quantitative estimate of drug-likeness (QED) is 0.733. The van der Waals surface area contributed by atoms with Crippen molar-refractivity contribution >= 4 is 11.6 Å². The highest BCUT2D eigenvalue weighted by atomic mass is 16.3. The molecule has 5 nitrogen and oxygen atoms in total. The van der Waals surface area contributed by atoms with Gasteiger partial charge in [-0.05, 0) is 19.3 Å². The van der Waals surface area contributed by atoms with E-state index in [2.05, 4.69) is 27.5 Å². The summed E-state index contributed by atoms with van der Waals surface area (Å²) in [6.07, 6.45) is 5.30. The summed E-state index contributed by atoms with van der Waals surface area (Å²) in [6.45, 7) is 2.38. The van der Waals surface area contributed by atoms with E-state index in [0.717, 1.165) is 43.1 Å². The van der Waals surface area contributed by atoms with Crippen molar-refractivity contribution in [3.63, 3.8) is 0 Å². The lowest BCUT2D eigenvalue weighted by atomic mass is 10.1. The van der Waals surface area contributed by atoms with Crippen molar-refractivity contribution in [3.8, 4) is 0 Å². The van der Waals surface area contributed by atoms with Crippen LogP contribution in [0.4, 0.5) is 11.6 Å². The van der Waals surface area contributed by atoms with Crippen molar-refractivity contribution in [2.45, 2.75) is 45.1 Å². The molecule has 1 heterocycles. The van der Waals surface area contributed by atoms with E-state index >= 15 is 0 Å². The molecule has 1 fully saturated rings. The minimum absolute atomic E-state index is 0.253. The average Bonchev–Trinajstić information content (AvgIpc) is 2.86. The van der Waals surface area contributed by atoms with E-state index in [0.29, 0.717) is 12.0 Å². The highest BCUT2D eigenvalue weighted by molar-refractivity contribution is 5.48. The van der Waals surface area contributed by atoms with E-state index in [4.69, 9.17) is 0 Å². The van der Waals surface area contributed by atoms with Gasteiger partial charge >= 0.3 is 0 Å². The third-order valence-corrected chi connectivity index (χ3v) is 3.73. The number of hydrogen-bond acceptors (Lipinski definition) is 5. The van der Waals surface area contributed by atoms with E-state index in [9.17, 15) is 5.11 Å². The predicted molar refractivity (Wildman–Crippen MR) is 77.4 cm³/mol. The number of aliphatic hydroxyl groups is 1. The Labute approximate surface area is 114 Å². The summed E-state index contributed by atoms with van der Waals surface area (Å²) in [7, 11) is 1.87. The minimum atomic E-state index is 0.253. The van der Waals surface area contributed by atoms with Gasteiger partial charge in [0.25, 0.3) is 0 Å². The monoisotopic (exact) mass is 264 g/mol. The molecule has 2 unspecified atom stereocenters. The molecular formula is C14H24N4O. The summed E-state index contributed by atoms with van der Waals surface area (Å²) in [5.41, 5.74) is 0. The van der Waals surface area contributed by atoms with Crippen LogP contribution in [-0.2, 0) is 6.42 Å². The van der Waals surface area contributed by atoms with Crippen LogP contribution in [0.1, 0.15) is 38.4 Å². The summed E-state index contributed by atoms with van der Waals surface area (Å²) < 4.78 is 0. The van der Waals surface area contributed by atoms with E-state index < -0.39 is 0 Å². The van der Waals surface area contributed by atoms with Gasteiger partial charge in [0.05, 0.1) is 0 Å². The molecule has 1 aromatic rings. The number of aromatic nitrogens is 2. The van der Waals surface area contributed by atoms with Crippen LogP contribution in [0, 0.1) is 5.92 Å². The maximum atomic E-state index is 9.37. The zero-order valence-electron chi connectivity index (χ0n) is 11.8. The predicted octanol–water partition coefficient (Wildman–Crippen LogP) is 2.04. The fourth-order valence-corrected chi connectivity index (χ4v) is 2.67. The topological polar surface area (TPSA) is 70.1 Å². The van der Waals surface area contributed by atoms with Gasteiger partial charge in [-0.15, -0.1) is 0 Å². The van der Waals surface area contributed by atoms with Gasteiger partial charge in [0, 0.05) is 38.1 Å². The van der Waals surface area contributed by atoms with Crippen LogP contribution in [-0.4, -0.2) is 34.8 Å². The van der Waals surface area contributed by atoms with Crippen LogP contribution < -0.4 is 10.6 Å². The number of anilines is 2. The molecule has 2 rings (SSSR count). The normalized spacial score (nSPS) is 22.5. The molecule has 0 spiro atoms. The molecule has 0 amide bonds. The van der Waals surface area contributed by atoms with Crippen molar-refractivity contribution in [3.05, 3.63) is 11.9 Å².